The average Bonchev–Trinajstić information content (AvgIpc) is 2.19. The summed E-state index contributed by atoms with van der Waals surface area (Å²) in [5.41, 5.74) is 1.48. The Morgan fingerprint density at radius 2 is 1.94 bits per heavy atom. The van der Waals surface area contributed by atoms with Gasteiger partial charge in [0.2, 0.25) is 0 Å². The van der Waals surface area contributed by atoms with Crippen LogP contribution in [0.2, 0.25) is 0 Å². The van der Waals surface area contributed by atoms with Crippen LogP contribution in [0.4, 0.5) is 0 Å². The second kappa shape index (κ2) is 5.86. The first kappa shape index (κ1) is 13.8. The number of aliphatic hydroxyl groups excluding tert-OH is 1. The second-order valence-corrected chi connectivity index (χ2v) is 4.96. The van der Waals surface area contributed by atoms with Gasteiger partial charge in [-0.2, -0.15) is 0 Å². The van der Waals surface area contributed by atoms with Crippen molar-refractivity contribution in [2.45, 2.75) is 45.3 Å². The van der Waals surface area contributed by atoms with Crippen LogP contribution in [-0.4, -0.2) is 21.9 Å². The Balaban J connectivity index is 2.56. The summed E-state index contributed by atoms with van der Waals surface area (Å²) in [7, 11) is 0. The molecular weight excluding hydrogens is 212 g/mol. The normalized spacial score (nSPS) is 12.8. The van der Waals surface area contributed by atoms with E-state index in [0.29, 0.717) is 12.8 Å². The van der Waals surface area contributed by atoms with Crippen molar-refractivity contribution < 1.29 is 10.2 Å². The van der Waals surface area contributed by atoms with Crippen molar-refractivity contribution in [3.63, 3.8) is 0 Å². The zero-order valence-corrected chi connectivity index (χ0v) is 10.7. The zero-order chi connectivity index (χ0) is 12.9. The highest BCUT2D eigenvalue weighted by Crippen LogP contribution is 2.10. The van der Waals surface area contributed by atoms with E-state index in [1.54, 1.807) is 13.8 Å². The van der Waals surface area contributed by atoms with Gasteiger partial charge in [-0.25, -0.2) is 0 Å². The van der Waals surface area contributed by atoms with Gasteiger partial charge in [0.1, 0.15) is 6.10 Å². The fraction of sp³-hybridized carbons (Fsp3) is 0.467. The van der Waals surface area contributed by atoms with Gasteiger partial charge in [0.15, 0.2) is 0 Å². The molecule has 0 spiro atoms. The first-order chi connectivity index (χ1) is 7.88. The zero-order valence-electron chi connectivity index (χ0n) is 10.7. The quantitative estimate of drug-likeness (QED) is 0.783. The standard InChI is InChI=1S/C15H20O2/c1-12-7-4-5-8-13(12)11-14(16)9-6-10-15(2,3)17/h4-5,7-8,14,16-17H,10-11H2,1-3H3. The van der Waals surface area contributed by atoms with E-state index in [0.717, 1.165) is 11.1 Å². The topological polar surface area (TPSA) is 40.5 Å². The summed E-state index contributed by atoms with van der Waals surface area (Å²) in [6.45, 7) is 5.43. The van der Waals surface area contributed by atoms with Gasteiger partial charge in [-0.05, 0) is 31.9 Å². The summed E-state index contributed by atoms with van der Waals surface area (Å²) in [5, 5.41) is 19.2. The molecule has 1 aromatic carbocycles. The van der Waals surface area contributed by atoms with Crippen molar-refractivity contribution in [3.8, 4) is 11.8 Å². The van der Waals surface area contributed by atoms with E-state index in [9.17, 15) is 10.2 Å². The molecule has 92 valence electrons. The summed E-state index contributed by atoms with van der Waals surface area (Å²) >= 11 is 0. The molecule has 2 nitrogen and oxygen atoms in total. The van der Waals surface area contributed by atoms with Gasteiger partial charge >= 0.3 is 0 Å². The maximum absolute atomic E-state index is 9.77. The molecule has 1 unspecified atom stereocenters. The van der Waals surface area contributed by atoms with Crippen LogP contribution >= 0.6 is 0 Å². The van der Waals surface area contributed by atoms with Crippen molar-refractivity contribution in [1.82, 2.24) is 0 Å². The predicted octanol–water partition coefficient (Wildman–Crippen LogP) is 2.06. The van der Waals surface area contributed by atoms with Crippen LogP contribution in [-0.2, 0) is 6.42 Å². The highest BCUT2D eigenvalue weighted by molar-refractivity contribution is 5.27. The van der Waals surface area contributed by atoms with Crippen molar-refractivity contribution >= 4 is 0 Å². The molecule has 1 rings (SSSR count). The molecule has 0 heterocycles. The molecule has 0 aliphatic heterocycles. The van der Waals surface area contributed by atoms with Crippen LogP contribution < -0.4 is 0 Å². The molecule has 0 aromatic heterocycles. The molecule has 0 fully saturated rings. The van der Waals surface area contributed by atoms with E-state index in [2.05, 4.69) is 11.8 Å². The Labute approximate surface area is 103 Å². The highest BCUT2D eigenvalue weighted by Gasteiger charge is 2.09. The molecule has 0 aliphatic carbocycles. The number of aliphatic hydroxyl groups is 2. The second-order valence-electron chi connectivity index (χ2n) is 4.96. The van der Waals surface area contributed by atoms with E-state index >= 15 is 0 Å². The maximum Gasteiger partial charge on any atom is 0.118 e. The minimum Gasteiger partial charge on any atom is -0.389 e. The number of hydrogen-bond acceptors (Lipinski definition) is 2. The smallest absolute Gasteiger partial charge is 0.118 e. The molecule has 2 heteroatoms. The van der Waals surface area contributed by atoms with Crippen molar-refractivity contribution in [2.24, 2.45) is 0 Å². The van der Waals surface area contributed by atoms with Gasteiger partial charge in [0.25, 0.3) is 0 Å². The summed E-state index contributed by atoms with van der Waals surface area (Å²) in [4.78, 5) is 0. The molecule has 1 aromatic rings. The summed E-state index contributed by atoms with van der Waals surface area (Å²) in [6.07, 6.45) is 0.238. The number of aryl methyl sites for hydroxylation is 1. The van der Waals surface area contributed by atoms with Gasteiger partial charge in [-0.1, -0.05) is 36.1 Å². The van der Waals surface area contributed by atoms with E-state index in [4.69, 9.17) is 0 Å². The van der Waals surface area contributed by atoms with Crippen LogP contribution in [0.1, 0.15) is 31.4 Å². The molecule has 0 aliphatic rings. The Hall–Kier alpha value is -1.30. The summed E-state index contributed by atoms with van der Waals surface area (Å²) in [6, 6.07) is 7.95. The van der Waals surface area contributed by atoms with E-state index in [1.165, 1.54) is 0 Å². The monoisotopic (exact) mass is 232 g/mol. The van der Waals surface area contributed by atoms with Gasteiger partial charge in [0, 0.05) is 12.8 Å². The molecule has 0 saturated carbocycles. The van der Waals surface area contributed by atoms with Crippen LogP contribution in [0.15, 0.2) is 24.3 Å². The third kappa shape index (κ3) is 5.53. The van der Waals surface area contributed by atoms with Crippen molar-refractivity contribution in [1.29, 1.82) is 0 Å². The van der Waals surface area contributed by atoms with Gasteiger partial charge in [-0.3, -0.25) is 0 Å². The lowest BCUT2D eigenvalue weighted by Crippen LogP contribution is -2.17. The molecule has 0 amide bonds. The van der Waals surface area contributed by atoms with Crippen molar-refractivity contribution in [2.75, 3.05) is 0 Å². The van der Waals surface area contributed by atoms with Crippen molar-refractivity contribution in [3.05, 3.63) is 35.4 Å². The number of benzene rings is 1. The number of rotatable bonds is 3. The molecule has 0 radical (unpaired) electrons. The Morgan fingerprint density at radius 1 is 1.29 bits per heavy atom. The largest absolute Gasteiger partial charge is 0.389 e. The maximum atomic E-state index is 9.77. The van der Waals surface area contributed by atoms with Crippen LogP contribution in [0.25, 0.3) is 0 Å². The molecule has 0 saturated heterocycles. The fourth-order valence-corrected chi connectivity index (χ4v) is 1.48. The van der Waals surface area contributed by atoms with Gasteiger partial charge in [0.05, 0.1) is 5.60 Å². The van der Waals surface area contributed by atoms with Crippen LogP contribution in [0.5, 0.6) is 0 Å². The Kier molecular flexibility index (Phi) is 4.74. The van der Waals surface area contributed by atoms with Gasteiger partial charge < -0.3 is 10.2 Å². The summed E-state index contributed by atoms with van der Waals surface area (Å²) < 4.78 is 0. The Bertz CT molecular complexity index is 419. The molecule has 1 atom stereocenters. The lowest BCUT2D eigenvalue weighted by atomic mass is 10.0. The van der Waals surface area contributed by atoms with E-state index < -0.39 is 11.7 Å². The third-order valence-corrected chi connectivity index (χ3v) is 2.46. The minimum atomic E-state index is -0.796. The lowest BCUT2D eigenvalue weighted by molar-refractivity contribution is 0.0861. The van der Waals surface area contributed by atoms with E-state index in [-0.39, 0.29) is 0 Å². The first-order valence-corrected chi connectivity index (χ1v) is 5.82. The third-order valence-electron chi connectivity index (χ3n) is 2.46. The predicted molar refractivity (Wildman–Crippen MR) is 69.6 cm³/mol. The minimum absolute atomic E-state index is 0.373. The molecular formula is C15H20O2. The average molecular weight is 232 g/mol. The van der Waals surface area contributed by atoms with Gasteiger partial charge in [-0.15, -0.1) is 0 Å². The molecule has 0 bridgehead atoms. The number of hydrogen-bond donors (Lipinski definition) is 2. The fourth-order valence-electron chi connectivity index (χ4n) is 1.48. The molecule has 2 N–H and O–H groups in total. The van der Waals surface area contributed by atoms with Crippen LogP contribution in [0, 0.1) is 18.8 Å². The molecule has 17 heavy (non-hydrogen) atoms. The Morgan fingerprint density at radius 3 is 2.53 bits per heavy atom. The highest BCUT2D eigenvalue weighted by atomic mass is 16.3. The summed E-state index contributed by atoms with van der Waals surface area (Å²) in [5.74, 6) is 5.58. The lowest BCUT2D eigenvalue weighted by Gasteiger charge is -2.12. The first-order valence-electron chi connectivity index (χ1n) is 5.82. The van der Waals surface area contributed by atoms with E-state index in [1.807, 2.05) is 31.2 Å². The van der Waals surface area contributed by atoms with Crippen LogP contribution in [0.3, 0.4) is 0 Å². The SMILES string of the molecule is Cc1ccccc1CC(O)C#CCC(C)(C)O.